The predicted octanol–water partition coefficient (Wildman–Crippen LogP) is 2.78. The van der Waals surface area contributed by atoms with E-state index in [-0.39, 0.29) is 12.3 Å². The maximum atomic E-state index is 12.7. The molecular formula is C23H25NO5. The van der Waals surface area contributed by atoms with Crippen LogP contribution in [0.3, 0.4) is 0 Å². The van der Waals surface area contributed by atoms with Gasteiger partial charge in [-0.15, -0.1) is 0 Å². The molecule has 6 heteroatoms. The lowest BCUT2D eigenvalue weighted by Crippen LogP contribution is -2.60. The van der Waals surface area contributed by atoms with Gasteiger partial charge < -0.3 is 20.3 Å². The van der Waals surface area contributed by atoms with Crippen molar-refractivity contribution in [2.24, 2.45) is 0 Å². The van der Waals surface area contributed by atoms with Crippen LogP contribution in [0.25, 0.3) is 0 Å². The number of rotatable bonds is 5. The van der Waals surface area contributed by atoms with Gasteiger partial charge in [-0.3, -0.25) is 9.59 Å². The lowest BCUT2D eigenvalue weighted by molar-refractivity contribution is -0.206. The van der Waals surface area contributed by atoms with Crippen molar-refractivity contribution < 1.29 is 24.5 Å². The second-order valence-electron chi connectivity index (χ2n) is 8.08. The van der Waals surface area contributed by atoms with Crippen LogP contribution >= 0.6 is 0 Å². The van der Waals surface area contributed by atoms with Crippen LogP contribution in [0.5, 0.6) is 5.75 Å². The number of amides is 1. The van der Waals surface area contributed by atoms with Crippen molar-refractivity contribution in [3.05, 3.63) is 64.7 Å². The zero-order chi connectivity index (χ0) is 21.0. The number of fused-ring (bicyclic) bond motifs is 5. The summed E-state index contributed by atoms with van der Waals surface area (Å²) in [7, 11) is 0. The number of Topliss-reactive ketones (excluding diaryl/α,β-unsaturated/α-hetero) is 1. The average molecular weight is 395 g/mol. The van der Waals surface area contributed by atoms with Gasteiger partial charge in [0.1, 0.15) is 11.9 Å². The summed E-state index contributed by atoms with van der Waals surface area (Å²) in [5, 5.41) is 25.7. The molecule has 2 aliphatic rings. The third-order valence-corrected chi connectivity index (χ3v) is 5.96. The van der Waals surface area contributed by atoms with Crippen molar-refractivity contribution in [3.8, 4) is 5.75 Å². The Morgan fingerprint density at radius 3 is 2.59 bits per heavy atom. The van der Waals surface area contributed by atoms with Gasteiger partial charge in [-0.2, -0.15) is 0 Å². The number of carbonyl (C=O) groups excluding carboxylic acids is 2. The van der Waals surface area contributed by atoms with Gasteiger partial charge in [-0.05, 0) is 29.5 Å². The first-order chi connectivity index (χ1) is 13.8. The van der Waals surface area contributed by atoms with Crippen molar-refractivity contribution in [1.29, 1.82) is 0 Å². The number of ether oxygens (including phenoxy) is 1. The van der Waals surface area contributed by atoms with E-state index in [9.17, 15) is 19.8 Å². The minimum Gasteiger partial charge on any atom is -0.455 e. The van der Waals surface area contributed by atoms with E-state index in [4.69, 9.17) is 4.74 Å². The van der Waals surface area contributed by atoms with Gasteiger partial charge in [-0.25, -0.2) is 0 Å². The van der Waals surface area contributed by atoms with E-state index in [1.165, 1.54) is 0 Å². The number of benzene rings is 2. The maximum Gasteiger partial charge on any atom is 0.288 e. The molecule has 152 valence electrons. The summed E-state index contributed by atoms with van der Waals surface area (Å²) in [5.41, 5.74) is 0.571. The Morgan fingerprint density at radius 1 is 1.17 bits per heavy atom. The average Bonchev–Trinajstić information content (AvgIpc) is 3.05. The maximum absolute atomic E-state index is 12.7. The Hall–Kier alpha value is -2.70. The smallest absolute Gasteiger partial charge is 0.288 e. The van der Waals surface area contributed by atoms with E-state index in [2.05, 4.69) is 5.32 Å². The molecule has 1 amide bonds. The Labute approximate surface area is 169 Å². The number of nitrogens with one attached hydrogen (secondary N) is 1. The SMILES string of the molecule is CCCC(=O)C(=O)NC12c3ccc(C(C)C)cc3OC1(O)c1ccccc1C2O. The van der Waals surface area contributed by atoms with Crippen LogP contribution < -0.4 is 10.1 Å². The molecule has 2 aromatic carbocycles. The summed E-state index contributed by atoms with van der Waals surface area (Å²) in [6, 6.07) is 12.3. The summed E-state index contributed by atoms with van der Waals surface area (Å²) in [5.74, 6) is -2.85. The number of carbonyl (C=O) groups is 2. The number of ketones is 1. The standard InChI is InChI=1S/C23H25NO5/c1-4-7-18(25)21(27)24-22-17-11-10-14(13(2)3)12-19(17)29-23(22,28)16-9-6-5-8-15(16)20(22)26/h5-6,8-13,20,26,28H,4,7H2,1-3H3,(H,24,27). The first-order valence-electron chi connectivity index (χ1n) is 9.95. The third kappa shape index (κ3) is 2.56. The molecule has 0 saturated heterocycles. The molecule has 3 unspecified atom stereocenters. The van der Waals surface area contributed by atoms with E-state index < -0.39 is 29.1 Å². The molecule has 4 rings (SSSR count). The van der Waals surface area contributed by atoms with E-state index in [0.717, 1.165) is 5.56 Å². The van der Waals surface area contributed by atoms with Crippen molar-refractivity contribution in [2.45, 2.75) is 57.0 Å². The molecule has 3 atom stereocenters. The molecule has 0 saturated carbocycles. The van der Waals surface area contributed by atoms with Gasteiger partial charge >= 0.3 is 0 Å². The summed E-state index contributed by atoms with van der Waals surface area (Å²) < 4.78 is 6.02. The lowest BCUT2D eigenvalue weighted by atomic mass is 9.81. The van der Waals surface area contributed by atoms with Crippen LogP contribution in [0.15, 0.2) is 42.5 Å². The topological polar surface area (TPSA) is 95.9 Å². The lowest BCUT2D eigenvalue weighted by Gasteiger charge is -2.37. The first-order valence-corrected chi connectivity index (χ1v) is 9.95. The van der Waals surface area contributed by atoms with Crippen molar-refractivity contribution in [3.63, 3.8) is 0 Å². The fraction of sp³-hybridized carbons (Fsp3) is 0.391. The highest BCUT2D eigenvalue weighted by Crippen LogP contribution is 2.62. The molecule has 0 aromatic heterocycles. The van der Waals surface area contributed by atoms with E-state index in [0.29, 0.717) is 28.9 Å². The van der Waals surface area contributed by atoms with Crippen LogP contribution in [0.1, 0.15) is 67.9 Å². The molecule has 1 aliphatic carbocycles. The molecule has 0 bridgehead atoms. The van der Waals surface area contributed by atoms with Crippen LogP contribution in [0.4, 0.5) is 0 Å². The molecule has 6 nitrogen and oxygen atoms in total. The van der Waals surface area contributed by atoms with E-state index >= 15 is 0 Å². The monoisotopic (exact) mass is 395 g/mol. The van der Waals surface area contributed by atoms with Gasteiger partial charge in [0.2, 0.25) is 5.78 Å². The second kappa shape index (κ2) is 6.68. The Balaban J connectivity index is 1.90. The normalized spacial score (nSPS) is 26.5. The molecular weight excluding hydrogens is 370 g/mol. The van der Waals surface area contributed by atoms with Gasteiger partial charge in [0.05, 0.1) is 0 Å². The molecule has 0 spiro atoms. The number of hydrogen-bond acceptors (Lipinski definition) is 5. The fourth-order valence-corrected chi connectivity index (χ4v) is 4.42. The van der Waals surface area contributed by atoms with E-state index in [1.807, 2.05) is 32.9 Å². The molecule has 1 aliphatic heterocycles. The fourth-order valence-electron chi connectivity index (χ4n) is 4.42. The number of aliphatic hydroxyl groups excluding tert-OH is 1. The van der Waals surface area contributed by atoms with Gasteiger partial charge in [0.25, 0.3) is 11.7 Å². The van der Waals surface area contributed by atoms with Crippen LogP contribution in [-0.4, -0.2) is 21.9 Å². The van der Waals surface area contributed by atoms with E-state index in [1.54, 1.807) is 30.3 Å². The van der Waals surface area contributed by atoms with Crippen LogP contribution in [0, 0.1) is 0 Å². The van der Waals surface area contributed by atoms with Crippen LogP contribution in [0.2, 0.25) is 0 Å². The van der Waals surface area contributed by atoms with Crippen molar-refractivity contribution in [2.75, 3.05) is 0 Å². The zero-order valence-corrected chi connectivity index (χ0v) is 16.7. The molecule has 3 N–H and O–H groups in total. The Morgan fingerprint density at radius 2 is 1.90 bits per heavy atom. The quantitative estimate of drug-likeness (QED) is 0.677. The highest BCUT2D eigenvalue weighted by molar-refractivity contribution is 6.36. The molecule has 2 aromatic rings. The molecule has 0 fully saturated rings. The third-order valence-electron chi connectivity index (χ3n) is 5.96. The summed E-state index contributed by atoms with van der Waals surface area (Å²) in [6.45, 7) is 5.89. The van der Waals surface area contributed by atoms with Gasteiger partial charge in [0, 0.05) is 17.5 Å². The number of hydrogen-bond donors (Lipinski definition) is 3. The largest absolute Gasteiger partial charge is 0.455 e. The first kappa shape index (κ1) is 19.6. The number of aliphatic hydroxyl groups is 2. The van der Waals surface area contributed by atoms with Crippen LogP contribution in [-0.2, 0) is 20.9 Å². The second-order valence-corrected chi connectivity index (χ2v) is 8.08. The highest BCUT2D eigenvalue weighted by atomic mass is 16.6. The van der Waals surface area contributed by atoms with Crippen molar-refractivity contribution >= 4 is 11.7 Å². The molecule has 29 heavy (non-hydrogen) atoms. The van der Waals surface area contributed by atoms with Gasteiger partial charge in [0.15, 0.2) is 5.54 Å². The minimum atomic E-state index is -2.02. The van der Waals surface area contributed by atoms with Gasteiger partial charge in [-0.1, -0.05) is 57.2 Å². The minimum absolute atomic E-state index is 0.0867. The molecule has 0 radical (unpaired) electrons. The highest BCUT2D eigenvalue weighted by Gasteiger charge is 2.71. The zero-order valence-electron chi connectivity index (χ0n) is 16.7. The predicted molar refractivity (Wildman–Crippen MR) is 106 cm³/mol. The van der Waals surface area contributed by atoms with Crippen molar-refractivity contribution in [1.82, 2.24) is 5.32 Å². The molecule has 1 heterocycles. The summed E-state index contributed by atoms with van der Waals surface area (Å²) in [6.07, 6.45) is -0.672. The Kier molecular flexibility index (Phi) is 4.52. The Bertz CT molecular complexity index is 1000. The summed E-state index contributed by atoms with van der Waals surface area (Å²) in [4.78, 5) is 25.0. The summed E-state index contributed by atoms with van der Waals surface area (Å²) >= 11 is 0.